The highest BCUT2D eigenvalue weighted by Gasteiger charge is 2.28. The lowest BCUT2D eigenvalue weighted by atomic mass is 10.0. The molecule has 1 saturated heterocycles. The molecule has 0 radical (unpaired) electrons. The largest absolute Gasteiger partial charge is 0.478 e. The molecule has 1 atom stereocenters. The maximum absolute atomic E-state index is 12.4. The number of piperidine rings is 1. The molecule has 0 amide bonds. The average molecular weight is 312 g/mol. The van der Waals surface area contributed by atoms with Crippen LogP contribution in [-0.4, -0.2) is 36.9 Å². The van der Waals surface area contributed by atoms with Crippen LogP contribution in [0.15, 0.2) is 18.2 Å². The highest BCUT2D eigenvalue weighted by atomic mass is 32.2. The van der Waals surface area contributed by atoms with Crippen molar-refractivity contribution in [2.45, 2.75) is 26.7 Å². The number of benzene rings is 1. The molecule has 2 N–H and O–H groups in total. The Hall–Kier alpha value is -1.60. The Morgan fingerprint density at radius 1 is 1.43 bits per heavy atom. The number of hydrogen-bond donors (Lipinski definition) is 2. The molecule has 1 heterocycles. The Bertz CT molecular complexity index is 642. The van der Waals surface area contributed by atoms with Crippen molar-refractivity contribution in [2.24, 2.45) is 5.92 Å². The molecule has 0 aromatic heterocycles. The smallest absolute Gasteiger partial charge is 0.337 e. The standard InChI is InChI=1S/C14H20N2O4S/c1-10-5-6-13(12(8-10)14(17)18)15-21(19,20)16-7-3-4-11(2)9-16/h5-6,8,11,15H,3-4,7,9H2,1-2H3,(H,17,18)/t11-/m1/s1. The van der Waals surface area contributed by atoms with Gasteiger partial charge in [-0.25, -0.2) is 4.79 Å². The third-order valence-corrected chi connectivity index (χ3v) is 5.09. The van der Waals surface area contributed by atoms with Crippen molar-refractivity contribution in [1.29, 1.82) is 0 Å². The second kappa shape index (κ2) is 6.03. The number of aromatic carboxylic acids is 1. The minimum atomic E-state index is -3.72. The van der Waals surface area contributed by atoms with Crippen molar-refractivity contribution >= 4 is 21.9 Å². The molecule has 1 aromatic rings. The summed E-state index contributed by atoms with van der Waals surface area (Å²) >= 11 is 0. The first-order valence-corrected chi connectivity index (χ1v) is 8.35. The molecule has 116 valence electrons. The van der Waals surface area contributed by atoms with Crippen LogP contribution in [0.2, 0.25) is 0 Å². The van der Waals surface area contributed by atoms with Crippen LogP contribution in [0.5, 0.6) is 0 Å². The van der Waals surface area contributed by atoms with Gasteiger partial charge in [-0.15, -0.1) is 0 Å². The van der Waals surface area contributed by atoms with Crippen LogP contribution in [0.4, 0.5) is 5.69 Å². The highest BCUT2D eigenvalue weighted by molar-refractivity contribution is 7.90. The fraction of sp³-hybridized carbons (Fsp3) is 0.500. The fourth-order valence-corrected chi connectivity index (χ4v) is 3.90. The topological polar surface area (TPSA) is 86.7 Å². The summed E-state index contributed by atoms with van der Waals surface area (Å²) in [5, 5.41) is 9.19. The molecule has 21 heavy (non-hydrogen) atoms. The van der Waals surface area contributed by atoms with Gasteiger partial charge in [0.15, 0.2) is 0 Å². The first-order chi connectivity index (χ1) is 9.79. The van der Waals surface area contributed by atoms with Crippen LogP contribution in [0.25, 0.3) is 0 Å². The quantitative estimate of drug-likeness (QED) is 0.891. The lowest BCUT2D eigenvalue weighted by Crippen LogP contribution is -2.42. The van der Waals surface area contributed by atoms with Gasteiger partial charge in [0.2, 0.25) is 0 Å². The van der Waals surface area contributed by atoms with Gasteiger partial charge in [-0.3, -0.25) is 4.72 Å². The number of hydrogen-bond acceptors (Lipinski definition) is 3. The summed E-state index contributed by atoms with van der Waals surface area (Å²) in [5.74, 6) is -0.837. The lowest BCUT2D eigenvalue weighted by molar-refractivity contribution is 0.0698. The normalized spacial score (nSPS) is 20.2. The Morgan fingerprint density at radius 3 is 2.76 bits per heavy atom. The molecule has 0 bridgehead atoms. The van der Waals surface area contributed by atoms with E-state index in [4.69, 9.17) is 0 Å². The van der Waals surface area contributed by atoms with Gasteiger partial charge in [-0.2, -0.15) is 12.7 Å². The third kappa shape index (κ3) is 3.74. The first-order valence-electron chi connectivity index (χ1n) is 6.91. The van der Waals surface area contributed by atoms with E-state index in [0.717, 1.165) is 18.4 Å². The summed E-state index contributed by atoms with van der Waals surface area (Å²) in [6.45, 7) is 4.70. The predicted molar refractivity (Wildman–Crippen MR) is 80.7 cm³/mol. The number of rotatable bonds is 4. The molecule has 0 unspecified atom stereocenters. The van der Waals surface area contributed by atoms with E-state index in [-0.39, 0.29) is 11.3 Å². The molecule has 7 heteroatoms. The second-order valence-electron chi connectivity index (χ2n) is 5.57. The van der Waals surface area contributed by atoms with Crippen LogP contribution in [0, 0.1) is 12.8 Å². The Balaban J connectivity index is 2.26. The summed E-state index contributed by atoms with van der Waals surface area (Å²) in [4.78, 5) is 11.2. The third-order valence-electron chi connectivity index (χ3n) is 3.60. The van der Waals surface area contributed by atoms with E-state index in [2.05, 4.69) is 4.72 Å². The van der Waals surface area contributed by atoms with E-state index in [1.807, 2.05) is 6.92 Å². The van der Waals surface area contributed by atoms with Crippen LogP contribution < -0.4 is 4.72 Å². The molecule has 2 rings (SSSR count). The summed E-state index contributed by atoms with van der Waals surface area (Å²) in [6.07, 6.45) is 1.83. The van der Waals surface area contributed by atoms with E-state index in [1.54, 1.807) is 13.0 Å². The number of nitrogens with zero attached hydrogens (tertiary/aromatic N) is 1. The Labute approximate surface area is 125 Å². The van der Waals surface area contributed by atoms with Gasteiger partial charge in [0.1, 0.15) is 0 Å². The van der Waals surface area contributed by atoms with E-state index >= 15 is 0 Å². The van der Waals surface area contributed by atoms with Gasteiger partial charge in [0.25, 0.3) is 0 Å². The number of anilines is 1. The molecule has 0 aliphatic carbocycles. The molecule has 1 aliphatic rings. The minimum absolute atomic E-state index is 0.0383. The minimum Gasteiger partial charge on any atom is -0.478 e. The average Bonchev–Trinajstić information content (AvgIpc) is 2.40. The summed E-state index contributed by atoms with van der Waals surface area (Å²) in [6, 6.07) is 4.63. The molecule has 1 aliphatic heterocycles. The van der Waals surface area contributed by atoms with Crippen molar-refractivity contribution in [3.8, 4) is 0 Å². The van der Waals surface area contributed by atoms with Gasteiger partial charge >= 0.3 is 16.2 Å². The zero-order valence-electron chi connectivity index (χ0n) is 12.2. The van der Waals surface area contributed by atoms with E-state index in [1.165, 1.54) is 16.4 Å². The van der Waals surface area contributed by atoms with Crippen LogP contribution >= 0.6 is 0 Å². The SMILES string of the molecule is Cc1ccc(NS(=O)(=O)N2CCC[C@@H](C)C2)c(C(=O)O)c1. The molecular weight excluding hydrogens is 292 g/mol. The van der Waals surface area contributed by atoms with Gasteiger partial charge < -0.3 is 5.11 Å². The van der Waals surface area contributed by atoms with Gasteiger partial charge in [-0.1, -0.05) is 18.6 Å². The molecular formula is C14H20N2O4S. The Kier molecular flexibility index (Phi) is 4.53. The zero-order valence-corrected chi connectivity index (χ0v) is 13.0. The number of aryl methyl sites for hydroxylation is 1. The number of carboxylic acids is 1. The maximum atomic E-state index is 12.4. The highest BCUT2D eigenvalue weighted by Crippen LogP contribution is 2.23. The van der Waals surface area contributed by atoms with E-state index < -0.39 is 16.2 Å². The molecule has 6 nitrogen and oxygen atoms in total. The van der Waals surface area contributed by atoms with E-state index in [0.29, 0.717) is 19.0 Å². The van der Waals surface area contributed by atoms with Crippen LogP contribution in [0.1, 0.15) is 35.7 Å². The summed E-state index contributed by atoms with van der Waals surface area (Å²) in [7, 11) is -3.72. The lowest BCUT2D eigenvalue weighted by Gasteiger charge is -2.30. The number of carbonyl (C=O) groups is 1. The molecule has 0 saturated carbocycles. The van der Waals surface area contributed by atoms with Crippen molar-refractivity contribution < 1.29 is 18.3 Å². The molecule has 1 fully saturated rings. The fourth-order valence-electron chi connectivity index (χ4n) is 2.49. The van der Waals surface area contributed by atoms with Crippen LogP contribution in [-0.2, 0) is 10.2 Å². The molecule has 1 aromatic carbocycles. The van der Waals surface area contributed by atoms with Gasteiger partial charge in [0, 0.05) is 13.1 Å². The number of nitrogens with one attached hydrogen (secondary N) is 1. The van der Waals surface area contributed by atoms with Crippen molar-refractivity contribution in [1.82, 2.24) is 4.31 Å². The summed E-state index contributed by atoms with van der Waals surface area (Å²) in [5.41, 5.74) is 0.830. The maximum Gasteiger partial charge on any atom is 0.337 e. The number of carboxylic acid groups (broad SMARTS) is 1. The van der Waals surface area contributed by atoms with Crippen molar-refractivity contribution in [3.63, 3.8) is 0 Å². The zero-order chi connectivity index (χ0) is 15.6. The van der Waals surface area contributed by atoms with Crippen LogP contribution in [0.3, 0.4) is 0 Å². The second-order valence-corrected chi connectivity index (χ2v) is 7.24. The molecule has 0 spiro atoms. The van der Waals surface area contributed by atoms with Crippen molar-refractivity contribution in [2.75, 3.05) is 17.8 Å². The summed E-state index contributed by atoms with van der Waals surface area (Å²) < 4.78 is 28.5. The monoisotopic (exact) mass is 312 g/mol. The predicted octanol–water partition coefficient (Wildman–Crippen LogP) is 2.08. The van der Waals surface area contributed by atoms with Gasteiger partial charge in [0.05, 0.1) is 11.3 Å². The Morgan fingerprint density at radius 2 is 2.14 bits per heavy atom. The first kappa shape index (κ1) is 15.8. The van der Waals surface area contributed by atoms with Crippen molar-refractivity contribution in [3.05, 3.63) is 29.3 Å². The van der Waals surface area contributed by atoms with E-state index in [9.17, 15) is 18.3 Å². The van der Waals surface area contributed by atoms with Gasteiger partial charge in [-0.05, 0) is 37.8 Å².